The summed E-state index contributed by atoms with van der Waals surface area (Å²) in [5.41, 5.74) is 12.3. The number of nitrogen functional groups attached to an aromatic ring is 1. The Bertz CT molecular complexity index is 1180. The highest BCUT2D eigenvalue weighted by Crippen LogP contribution is 2.28. The number of aromatic amines is 1. The molecule has 164 valence electrons. The highest BCUT2D eigenvalue weighted by molar-refractivity contribution is 5.81. The van der Waals surface area contributed by atoms with Gasteiger partial charge in [0.05, 0.1) is 13.2 Å². The van der Waals surface area contributed by atoms with Crippen LogP contribution >= 0.6 is 0 Å². The maximum Gasteiger partial charge on any atom is 0.328 e. The largest absolute Gasteiger partial charge is 0.463 e. The molecule has 8 heteroatoms. The van der Waals surface area contributed by atoms with Crippen molar-refractivity contribution < 1.29 is 4.74 Å². The average molecular weight is 423 g/mol. The van der Waals surface area contributed by atoms with E-state index in [1.807, 2.05) is 0 Å². The second-order valence-electron chi connectivity index (χ2n) is 8.97. The van der Waals surface area contributed by atoms with Gasteiger partial charge in [-0.15, -0.1) is 0 Å². The molecule has 0 atom stereocenters. The first kappa shape index (κ1) is 20.1. The van der Waals surface area contributed by atoms with Gasteiger partial charge in [0.25, 0.3) is 0 Å². The molecule has 0 radical (unpaired) electrons. The summed E-state index contributed by atoms with van der Waals surface area (Å²) in [4.78, 5) is 26.8. The number of nitrogens with one attached hydrogen (secondary N) is 1. The number of imidazole rings is 1. The van der Waals surface area contributed by atoms with Crippen LogP contribution < -0.4 is 16.2 Å². The van der Waals surface area contributed by atoms with Crippen LogP contribution in [-0.4, -0.2) is 43.6 Å². The number of H-pyrrole nitrogens is 1. The molecule has 0 unspecified atom stereocenters. The highest BCUT2D eigenvalue weighted by atomic mass is 16.5. The van der Waals surface area contributed by atoms with Gasteiger partial charge in [0.15, 0.2) is 11.5 Å². The molecule has 1 aromatic carbocycles. The number of aromatic nitrogens is 4. The third-order valence-corrected chi connectivity index (χ3v) is 6.55. The maximum atomic E-state index is 12.7. The van der Waals surface area contributed by atoms with E-state index in [4.69, 9.17) is 10.5 Å². The number of ether oxygens (including phenoxy) is 1. The lowest BCUT2D eigenvalue weighted by atomic mass is 9.89. The molecule has 4 heterocycles. The third-order valence-electron chi connectivity index (χ3n) is 6.55. The summed E-state index contributed by atoms with van der Waals surface area (Å²) in [6, 6.07) is 5.34. The zero-order valence-electron chi connectivity index (χ0n) is 18.3. The van der Waals surface area contributed by atoms with Crippen molar-refractivity contribution in [2.75, 3.05) is 18.9 Å². The third kappa shape index (κ3) is 3.80. The molecule has 0 saturated carbocycles. The molecule has 0 amide bonds. The normalized spacial score (nSPS) is 17.5. The molecule has 2 aliphatic heterocycles. The number of nitrogens with two attached hydrogens (primary N) is 1. The molecule has 0 fully saturated rings. The van der Waals surface area contributed by atoms with Crippen molar-refractivity contribution in [2.24, 2.45) is 0 Å². The number of fused-ring (bicyclic) bond motifs is 5. The van der Waals surface area contributed by atoms with E-state index in [1.165, 1.54) is 16.7 Å². The van der Waals surface area contributed by atoms with Crippen molar-refractivity contribution in [3.63, 3.8) is 0 Å². The predicted molar refractivity (Wildman–Crippen MR) is 120 cm³/mol. The van der Waals surface area contributed by atoms with Gasteiger partial charge in [0.2, 0.25) is 0 Å². The second-order valence-corrected chi connectivity index (χ2v) is 8.97. The fraction of sp³-hybridized carbons (Fsp3) is 0.522. The highest BCUT2D eigenvalue weighted by Gasteiger charge is 2.22. The smallest absolute Gasteiger partial charge is 0.328 e. The van der Waals surface area contributed by atoms with E-state index in [1.54, 1.807) is 4.57 Å². The Kier molecular flexibility index (Phi) is 5.17. The number of benzene rings is 1. The number of nitrogens with zero attached hydrogens (tertiary/aromatic N) is 4. The molecule has 2 aromatic heterocycles. The summed E-state index contributed by atoms with van der Waals surface area (Å²) in [6.07, 6.45) is 5.22. The Morgan fingerprint density at radius 3 is 2.71 bits per heavy atom. The van der Waals surface area contributed by atoms with Crippen molar-refractivity contribution in [3.05, 3.63) is 44.9 Å². The molecule has 31 heavy (non-hydrogen) atoms. The fourth-order valence-electron chi connectivity index (χ4n) is 4.78. The summed E-state index contributed by atoms with van der Waals surface area (Å²) in [5.74, 6) is 0.239. The van der Waals surface area contributed by atoms with Crippen LogP contribution in [0.2, 0.25) is 0 Å². The van der Waals surface area contributed by atoms with Crippen molar-refractivity contribution in [1.82, 2.24) is 24.4 Å². The minimum atomic E-state index is -0.231. The minimum Gasteiger partial charge on any atom is -0.463 e. The van der Waals surface area contributed by atoms with Gasteiger partial charge >= 0.3 is 11.7 Å². The Balaban J connectivity index is 1.61. The van der Waals surface area contributed by atoms with Gasteiger partial charge in [-0.3, -0.25) is 9.47 Å². The molecule has 0 spiro atoms. The van der Waals surface area contributed by atoms with E-state index in [0.29, 0.717) is 30.4 Å². The zero-order chi connectivity index (χ0) is 21.5. The first-order chi connectivity index (χ1) is 15.0. The summed E-state index contributed by atoms with van der Waals surface area (Å²) >= 11 is 0. The van der Waals surface area contributed by atoms with Gasteiger partial charge < -0.3 is 15.5 Å². The molecular formula is C23H30N6O2. The predicted octanol–water partition coefficient (Wildman–Crippen LogP) is 2.62. The fourth-order valence-corrected chi connectivity index (χ4v) is 4.78. The van der Waals surface area contributed by atoms with E-state index in [9.17, 15) is 4.79 Å². The number of anilines is 1. The Morgan fingerprint density at radius 2 is 1.90 bits per heavy atom. The SMILES string of the molecule is CC(C)N1CCc2cc3cc(c2C1)CCCCCOc1nc(N)c2[nH]c(=O)n(c2n1)C3. The summed E-state index contributed by atoms with van der Waals surface area (Å²) in [6.45, 7) is 7.60. The lowest BCUT2D eigenvalue weighted by Crippen LogP contribution is -2.36. The maximum absolute atomic E-state index is 12.7. The molecule has 4 bridgehead atoms. The first-order valence-corrected chi connectivity index (χ1v) is 11.3. The van der Waals surface area contributed by atoms with Gasteiger partial charge in [-0.1, -0.05) is 12.1 Å². The van der Waals surface area contributed by atoms with Crippen LogP contribution in [0.25, 0.3) is 11.2 Å². The zero-order valence-corrected chi connectivity index (χ0v) is 18.3. The first-order valence-electron chi connectivity index (χ1n) is 11.3. The molecule has 8 nitrogen and oxygen atoms in total. The Morgan fingerprint density at radius 1 is 1.10 bits per heavy atom. The van der Waals surface area contributed by atoms with E-state index in [0.717, 1.165) is 50.8 Å². The van der Waals surface area contributed by atoms with Gasteiger partial charge in [-0.2, -0.15) is 9.97 Å². The van der Waals surface area contributed by atoms with Crippen LogP contribution in [-0.2, 0) is 25.9 Å². The Labute approximate surface area is 181 Å². The molecule has 2 aliphatic rings. The number of rotatable bonds is 1. The summed E-state index contributed by atoms with van der Waals surface area (Å²) < 4.78 is 7.39. The average Bonchev–Trinajstić information content (AvgIpc) is 3.05. The second kappa shape index (κ2) is 8.00. The van der Waals surface area contributed by atoms with Crippen LogP contribution in [0, 0.1) is 0 Å². The number of hydrogen-bond donors (Lipinski definition) is 2. The molecule has 0 aliphatic carbocycles. The van der Waals surface area contributed by atoms with Crippen LogP contribution in [0.15, 0.2) is 16.9 Å². The monoisotopic (exact) mass is 422 g/mol. The molecule has 3 aromatic rings. The van der Waals surface area contributed by atoms with Crippen molar-refractivity contribution in [1.29, 1.82) is 0 Å². The van der Waals surface area contributed by atoms with Crippen molar-refractivity contribution >= 4 is 17.0 Å². The van der Waals surface area contributed by atoms with E-state index < -0.39 is 0 Å². The quantitative estimate of drug-likeness (QED) is 0.625. The van der Waals surface area contributed by atoms with Crippen LogP contribution in [0.3, 0.4) is 0 Å². The van der Waals surface area contributed by atoms with Gasteiger partial charge in [0.1, 0.15) is 5.52 Å². The lowest BCUT2D eigenvalue weighted by Gasteiger charge is -2.33. The Hall–Kier alpha value is -2.87. The summed E-state index contributed by atoms with van der Waals surface area (Å²) in [7, 11) is 0. The van der Waals surface area contributed by atoms with E-state index >= 15 is 0 Å². The molecule has 5 rings (SSSR count). The molecule has 3 N–H and O–H groups in total. The van der Waals surface area contributed by atoms with Crippen molar-refractivity contribution in [3.8, 4) is 6.01 Å². The molecule has 0 saturated heterocycles. The van der Waals surface area contributed by atoms with Gasteiger partial charge in [-0.05, 0) is 68.2 Å². The lowest BCUT2D eigenvalue weighted by molar-refractivity contribution is 0.202. The number of aryl methyl sites for hydroxylation is 1. The summed E-state index contributed by atoms with van der Waals surface area (Å²) in [5, 5.41) is 0. The standard InChI is InChI=1S/C23H30N6O2/c1-14(2)28-8-7-17-11-15-10-16(18(17)13-28)6-4-3-5-9-31-22-26-20(24)19-21(27-22)29(12-15)23(30)25-19/h10-11,14H,3-9,12-13H2,1-2H3,(H,25,30)(H2,24,26,27). The molecular weight excluding hydrogens is 392 g/mol. The van der Waals surface area contributed by atoms with E-state index in [-0.39, 0.29) is 17.5 Å². The minimum absolute atomic E-state index is 0.231. The topological polar surface area (TPSA) is 102 Å². The van der Waals surface area contributed by atoms with Crippen LogP contribution in [0.1, 0.15) is 55.4 Å². The number of hydrogen-bond acceptors (Lipinski definition) is 6. The van der Waals surface area contributed by atoms with Crippen molar-refractivity contribution in [2.45, 2.75) is 65.1 Å². The van der Waals surface area contributed by atoms with Gasteiger partial charge in [-0.25, -0.2) is 4.79 Å². The van der Waals surface area contributed by atoms with Gasteiger partial charge in [0, 0.05) is 19.1 Å². The van der Waals surface area contributed by atoms with Crippen LogP contribution in [0.4, 0.5) is 5.82 Å². The van der Waals surface area contributed by atoms with E-state index in [2.05, 4.69) is 45.8 Å². The van der Waals surface area contributed by atoms with Crippen LogP contribution in [0.5, 0.6) is 6.01 Å².